The van der Waals surface area contributed by atoms with Crippen LogP contribution in [0.15, 0.2) is 28.8 Å². The van der Waals surface area contributed by atoms with Crippen LogP contribution in [0.3, 0.4) is 0 Å². The van der Waals surface area contributed by atoms with E-state index < -0.39 is 0 Å². The van der Waals surface area contributed by atoms with E-state index in [0.29, 0.717) is 24.7 Å². The van der Waals surface area contributed by atoms with Crippen molar-refractivity contribution in [3.05, 3.63) is 46.6 Å². The summed E-state index contributed by atoms with van der Waals surface area (Å²) in [5.74, 6) is 1.25. The van der Waals surface area contributed by atoms with Crippen LogP contribution in [0.2, 0.25) is 5.02 Å². The Morgan fingerprint density at radius 3 is 2.90 bits per heavy atom. The van der Waals surface area contributed by atoms with Crippen molar-refractivity contribution in [1.29, 1.82) is 0 Å². The molecular weight excluding hydrogens is 278 g/mol. The molecule has 5 nitrogen and oxygen atoms in total. The molecule has 1 N–H and O–H groups in total. The van der Waals surface area contributed by atoms with Gasteiger partial charge in [-0.05, 0) is 24.6 Å². The fraction of sp³-hybridized carbons (Fsp3) is 0.429. The monoisotopic (exact) mass is 293 g/mol. The molecule has 0 bridgehead atoms. The quantitative estimate of drug-likeness (QED) is 0.941. The second kappa shape index (κ2) is 5.91. The fourth-order valence-corrected chi connectivity index (χ4v) is 2.39. The molecule has 0 amide bonds. The average molecular weight is 294 g/mol. The zero-order valence-electron chi connectivity index (χ0n) is 11.2. The first-order valence-electron chi connectivity index (χ1n) is 6.64. The van der Waals surface area contributed by atoms with E-state index >= 15 is 0 Å². The minimum absolute atomic E-state index is 0.0322. The molecule has 2 atom stereocenters. The maximum Gasteiger partial charge on any atom is 0.246 e. The first-order valence-corrected chi connectivity index (χ1v) is 7.02. The lowest BCUT2D eigenvalue weighted by molar-refractivity contribution is -0.00136. The molecule has 6 heteroatoms. The van der Waals surface area contributed by atoms with Gasteiger partial charge >= 0.3 is 0 Å². The van der Waals surface area contributed by atoms with Crippen LogP contribution in [0.4, 0.5) is 0 Å². The first-order chi connectivity index (χ1) is 9.72. The number of nitrogens with one attached hydrogen (secondary N) is 1. The van der Waals surface area contributed by atoms with Crippen molar-refractivity contribution in [2.75, 3.05) is 13.2 Å². The zero-order valence-corrected chi connectivity index (χ0v) is 11.9. The van der Waals surface area contributed by atoms with Gasteiger partial charge in [-0.15, -0.1) is 0 Å². The minimum Gasteiger partial charge on any atom is -0.375 e. The Kier molecular flexibility index (Phi) is 4.00. The fourth-order valence-electron chi connectivity index (χ4n) is 2.26. The van der Waals surface area contributed by atoms with Crippen molar-refractivity contribution < 1.29 is 9.26 Å². The van der Waals surface area contributed by atoms with E-state index in [1.165, 1.54) is 0 Å². The summed E-state index contributed by atoms with van der Waals surface area (Å²) < 4.78 is 10.9. The van der Waals surface area contributed by atoms with Crippen molar-refractivity contribution in [2.24, 2.45) is 0 Å². The van der Waals surface area contributed by atoms with Crippen LogP contribution < -0.4 is 5.32 Å². The standard InChI is InChI=1S/C14H16ClN3O2/c1-9-13(16-6-7-19-9)14-17-12(18-20-14)8-10-2-4-11(15)5-3-10/h2-5,9,13,16H,6-8H2,1H3/t9-,13+/m1/s1. The first kappa shape index (κ1) is 13.5. The molecule has 106 valence electrons. The van der Waals surface area contributed by atoms with Crippen LogP contribution >= 0.6 is 11.6 Å². The summed E-state index contributed by atoms with van der Waals surface area (Å²) in [6.07, 6.45) is 0.662. The smallest absolute Gasteiger partial charge is 0.246 e. The highest BCUT2D eigenvalue weighted by molar-refractivity contribution is 6.30. The number of rotatable bonds is 3. The Bertz CT molecular complexity index is 570. The summed E-state index contributed by atoms with van der Waals surface area (Å²) >= 11 is 5.86. The lowest BCUT2D eigenvalue weighted by atomic mass is 10.1. The Hall–Kier alpha value is -1.43. The lowest BCUT2D eigenvalue weighted by Crippen LogP contribution is -2.40. The molecule has 1 aliphatic rings. The molecule has 2 aromatic rings. The number of hydrogen-bond acceptors (Lipinski definition) is 5. The van der Waals surface area contributed by atoms with Gasteiger partial charge in [-0.2, -0.15) is 4.98 Å². The van der Waals surface area contributed by atoms with Gasteiger partial charge in [0.05, 0.1) is 12.7 Å². The van der Waals surface area contributed by atoms with Crippen LogP contribution in [0.25, 0.3) is 0 Å². The number of nitrogens with zero attached hydrogens (tertiary/aromatic N) is 2. The Balaban J connectivity index is 1.71. The highest BCUT2D eigenvalue weighted by Gasteiger charge is 2.28. The second-order valence-electron chi connectivity index (χ2n) is 4.86. The topological polar surface area (TPSA) is 60.2 Å². The molecule has 3 rings (SSSR count). The second-order valence-corrected chi connectivity index (χ2v) is 5.30. The summed E-state index contributed by atoms with van der Waals surface area (Å²) in [6, 6.07) is 7.61. The third-order valence-corrected chi connectivity index (χ3v) is 3.59. The Labute approximate surface area is 122 Å². The van der Waals surface area contributed by atoms with Gasteiger partial charge in [-0.3, -0.25) is 0 Å². The maximum atomic E-state index is 5.86. The summed E-state index contributed by atoms with van der Waals surface area (Å²) in [7, 11) is 0. The zero-order chi connectivity index (χ0) is 13.9. The van der Waals surface area contributed by atoms with Crippen LogP contribution in [-0.4, -0.2) is 29.4 Å². The normalized spacial score (nSPS) is 22.9. The molecule has 1 saturated heterocycles. The van der Waals surface area contributed by atoms with Crippen molar-refractivity contribution in [2.45, 2.75) is 25.5 Å². The number of ether oxygens (including phenoxy) is 1. The van der Waals surface area contributed by atoms with Crippen molar-refractivity contribution in [3.63, 3.8) is 0 Å². The van der Waals surface area contributed by atoms with Crippen LogP contribution in [0, 0.1) is 0 Å². The van der Waals surface area contributed by atoms with E-state index in [9.17, 15) is 0 Å². The molecule has 0 saturated carbocycles. The highest BCUT2D eigenvalue weighted by Crippen LogP contribution is 2.21. The molecule has 0 radical (unpaired) electrons. The summed E-state index contributed by atoms with van der Waals surface area (Å²) in [4.78, 5) is 4.45. The minimum atomic E-state index is -0.0322. The molecule has 0 unspecified atom stereocenters. The Morgan fingerprint density at radius 1 is 1.35 bits per heavy atom. The van der Waals surface area contributed by atoms with Gasteiger partial charge in [0.2, 0.25) is 5.89 Å². The molecule has 1 aliphatic heterocycles. The van der Waals surface area contributed by atoms with Crippen molar-refractivity contribution in [1.82, 2.24) is 15.5 Å². The van der Waals surface area contributed by atoms with E-state index in [4.69, 9.17) is 20.9 Å². The molecule has 0 spiro atoms. The van der Waals surface area contributed by atoms with E-state index in [-0.39, 0.29) is 12.1 Å². The third-order valence-electron chi connectivity index (χ3n) is 3.34. The van der Waals surface area contributed by atoms with E-state index in [1.807, 2.05) is 31.2 Å². The number of aromatic nitrogens is 2. The third kappa shape index (κ3) is 3.00. The van der Waals surface area contributed by atoms with Gasteiger partial charge < -0.3 is 14.6 Å². The van der Waals surface area contributed by atoms with Crippen molar-refractivity contribution >= 4 is 11.6 Å². The SMILES string of the molecule is C[C@H]1OCCN[C@@H]1c1nc(Cc2ccc(Cl)cc2)no1. The highest BCUT2D eigenvalue weighted by atomic mass is 35.5. The predicted octanol–water partition coefficient (Wildman–Crippen LogP) is 2.36. The molecule has 1 fully saturated rings. The summed E-state index contributed by atoms with van der Waals surface area (Å²) in [5, 5.41) is 8.08. The molecule has 0 aliphatic carbocycles. The molecule has 1 aromatic heterocycles. The molecule has 1 aromatic carbocycles. The van der Waals surface area contributed by atoms with Crippen molar-refractivity contribution in [3.8, 4) is 0 Å². The number of morpholine rings is 1. The summed E-state index contributed by atoms with van der Waals surface area (Å²) in [6.45, 7) is 3.51. The van der Waals surface area contributed by atoms with Crippen LogP contribution in [0.1, 0.15) is 30.2 Å². The number of halogens is 1. The largest absolute Gasteiger partial charge is 0.375 e. The maximum absolute atomic E-state index is 5.86. The lowest BCUT2D eigenvalue weighted by Gasteiger charge is -2.27. The van der Waals surface area contributed by atoms with Gasteiger partial charge in [0, 0.05) is 18.0 Å². The van der Waals surface area contributed by atoms with E-state index in [2.05, 4.69) is 15.5 Å². The molecule has 20 heavy (non-hydrogen) atoms. The van der Waals surface area contributed by atoms with Gasteiger partial charge in [-0.1, -0.05) is 28.9 Å². The summed E-state index contributed by atoms with van der Waals surface area (Å²) in [5.41, 5.74) is 1.10. The molecular formula is C14H16ClN3O2. The van der Waals surface area contributed by atoms with Gasteiger partial charge in [0.15, 0.2) is 5.82 Å². The average Bonchev–Trinajstić information content (AvgIpc) is 2.90. The van der Waals surface area contributed by atoms with Crippen LogP contribution in [-0.2, 0) is 11.2 Å². The van der Waals surface area contributed by atoms with Gasteiger partial charge in [0.25, 0.3) is 0 Å². The Morgan fingerprint density at radius 2 is 2.15 bits per heavy atom. The predicted molar refractivity (Wildman–Crippen MR) is 74.7 cm³/mol. The van der Waals surface area contributed by atoms with E-state index in [0.717, 1.165) is 17.1 Å². The van der Waals surface area contributed by atoms with Gasteiger partial charge in [0.1, 0.15) is 6.04 Å². The van der Waals surface area contributed by atoms with E-state index in [1.54, 1.807) is 0 Å². The van der Waals surface area contributed by atoms with Crippen LogP contribution in [0.5, 0.6) is 0 Å². The van der Waals surface area contributed by atoms with Gasteiger partial charge in [-0.25, -0.2) is 0 Å². The molecule has 2 heterocycles. The number of benzene rings is 1. The number of hydrogen-bond donors (Lipinski definition) is 1.